The number of hydrogen-bond donors (Lipinski definition) is 2. The summed E-state index contributed by atoms with van der Waals surface area (Å²) in [5.41, 5.74) is 4.34. The van der Waals surface area contributed by atoms with Crippen molar-refractivity contribution >= 4 is 28.0 Å². The lowest BCUT2D eigenvalue weighted by Crippen LogP contribution is -2.17. The van der Waals surface area contributed by atoms with E-state index in [0.717, 1.165) is 40.4 Å². The Hall–Kier alpha value is -3.46. The van der Waals surface area contributed by atoms with Crippen LogP contribution in [0.25, 0.3) is 16.9 Å². The molecule has 1 amide bonds. The highest BCUT2D eigenvalue weighted by Gasteiger charge is 2.15. The average molecular weight is 438 g/mol. The molecule has 0 unspecified atom stereocenters. The second-order valence-corrected chi connectivity index (χ2v) is 8.07. The molecule has 9 heteroatoms. The van der Waals surface area contributed by atoms with Crippen molar-refractivity contribution in [2.75, 3.05) is 11.9 Å². The molecule has 8 nitrogen and oxygen atoms in total. The fraction of sp³-hybridized carbons (Fsp3) is 0.273. The predicted octanol–water partition coefficient (Wildman–Crippen LogP) is 3.73. The lowest BCUT2D eigenvalue weighted by molar-refractivity contribution is -0.115. The number of aromatic nitrogens is 4. The van der Waals surface area contributed by atoms with Crippen LogP contribution in [0.5, 0.6) is 5.75 Å². The number of amides is 1. The molecule has 0 bridgehead atoms. The first kappa shape index (κ1) is 20.8. The third-order valence-electron chi connectivity index (χ3n) is 4.91. The van der Waals surface area contributed by atoms with Crippen LogP contribution in [0.4, 0.5) is 5.13 Å². The molecule has 0 spiro atoms. The monoisotopic (exact) mass is 437 g/mol. The van der Waals surface area contributed by atoms with Crippen LogP contribution in [-0.2, 0) is 11.2 Å². The minimum Gasteiger partial charge on any atom is -0.494 e. The van der Waals surface area contributed by atoms with Crippen LogP contribution in [0.2, 0.25) is 0 Å². The van der Waals surface area contributed by atoms with E-state index >= 15 is 0 Å². The van der Waals surface area contributed by atoms with Gasteiger partial charge in [-0.15, -0.1) is 11.3 Å². The maximum atomic E-state index is 12.6. The van der Waals surface area contributed by atoms with Gasteiger partial charge in [-0.3, -0.25) is 14.7 Å². The second kappa shape index (κ2) is 8.73. The van der Waals surface area contributed by atoms with Gasteiger partial charge in [0.2, 0.25) is 5.91 Å². The number of aryl methyl sites for hydroxylation is 2. The zero-order chi connectivity index (χ0) is 22.0. The zero-order valence-corrected chi connectivity index (χ0v) is 18.4. The third-order valence-corrected chi connectivity index (χ3v) is 5.67. The molecule has 0 saturated carbocycles. The van der Waals surface area contributed by atoms with E-state index in [4.69, 9.17) is 4.74 Å². The number of nitrogens with zero attached hydrogens (tertiary/aromatic N) is 3. The fourth-order valence-corrected chi connectivity index (χ4v) is 4.08. The molecule has 4 aromatic rings. The lowest BCUT2D eigenvalue weighted by Gasteiger charge is -2.11. The summed E-state index contributed by atoms with van der Waals surface area (Å²) in [6.07, 6.45) is 1.10. The number of nitrogens with one attached hydrogen (secondary N) is 2. The molecule has 160 valence electrons. The Morgan fingerprint density at radius 2 is 2.00 bits per heavy atom. The molecule has 2 N–H and O–H groups in total. The molecule has 0 saturated heterocycles. The Kier molecular flexibility index (Phi) is 5.85. The quantitative estimate of drug-likeness (QED) is 0.459. The highest BCUT2D eigenvalue weighted by Crippen LogP contribution is 2.27. The van der Waals surface area contributed by atoms with Crippen LogP contribution >= 0.6 is 11.3 Å². The maximum absolute atomic E-state index is 12.6. The van der Waals surface area contributed by atoms with E-state index in [1.165, 1.54) is 17.4 Å². The Balaban J connectivity index is 1.46. The van der Waals surface area contributed by atoms with Gasteiger partial charge in [-0.1, -0.05) is 6.92 Å². The van der Waals surface area contributed by atoms with E-state index in [2.05, 4.69) is 27.3 Å². The molecule has 3 heterocycles. The molecule has 0 fully saturated rings. The van der Waals surface area contributed by atoms with Crippen LogP contribution in [0.1, 0.15) is 30.3 Å². The van der Waals surface area contributed by atoms with E-state index in [-0.39, 0.29) is 17.9 Å². The summed E-state index contributed by atoms with van der Waals surface area (Å²) in [6, 6.07) is 9.18. The largest absolute Gasteiger partial charge is 0.494 e. The molecule has 0 aliphatic rings. The molecular weight excluding hydrogens is 414 g/mol. The van der Waals surface area contributed by atoms with Gasteiger partial charge < -0.3 is 10.1 Å². The molecular formula is C22H23N5O3S. The van der Waals surface area contributed by atoms with E-state index in [9.17, 15) is 9.59 Å². The SMILES string of the molecule is CCCOc1ccc(-c2csc(NC(=O)Cc3c(C)nc4cc(=O)[nH]n4c3C)n2)cc1. The van der Waals surface area contributed by atoms with Crippen LogP contribution in [0.15, 0.2) is 40.5 Å². The van der Waals surface area contributed by atoms with Crippen molar-refractivity contribution in [3.63, 3.8) is 0 Å². The molecule has 0 atom stereocenters. The highest BCUT2D eigenvalue weighted by atomic mass is 32.1. The number of H-pyrrole nitrogens is 1. The number of hydrogen-bond acceptors (Lipinski definition) is 6. The number of benzene rings is 1. The maximum Gasteiger partial charge on any atom is 0.266 e. The van der Waals surface area contributed by atoms with Gasteiger partial charge >= 0.3 is 0 Å². The molecule has 0 aliphatic carbocycles. The van der Waals surface area contributed by atoms with E-state index in [1.54, 1.807) is 4.52 Å². The van der Waals surface area contributed by atoms with Crippen molar-refractivity contribution in [2.24, 2.45) is 0 Å². The minimum atomic E-state index is -0.225. The molecule has 0 aliphatic heterocycles. The number of anilines is 1. The van der Waals surface area contributed by atoms with E-state index < -0.39 is 0 Å². The third kappa shape index (κ3) is 4.51. The molecule has 0 radical (unpaired) electrons. The summed E-state index contributed by atoms with van der Waals surface area (Å²) in [5.74, 6) is 0.640. The summed E-state index contributed by atoms with van der Waals surface area (Å²) in [4.78, 5) is 33.2. The van der Waals surface area contributed by atoms with Gasteiger partial charge in [-0.25, -0.2) is 14.5 Å². The molecule has 3 aromatic heterocycles. The number of carbonyl (C=O) groups excluding carboxylic acids is 1. The Morgan fingerprint density at radius 3 is 2.74 bits per heavy atom. The van der Waals surface area contributed by atoms with E-state index in [0.29, 0.717) is 17.4 Å². The smallest absolute Gasteiger partial charge is 0.266 e. The Morgan fingerprint density at radius 1 is 1.23 bits per heavy atom. The van der Waals surface area contributed by atoms with Gasteiger partial charge in [0, 0.05) is 34.0 Å². The van der Waals surface area contributed by atoms with Crippen molar-refractivity contribution in [3.8, 4) is 17.0 Å². The van der Waals surface area contributed by atoms with Crippen LogP contribution in [-0.4, -0.2) is 32.1 Å². The minimum absolute atomic E-state index is 0.138. The summed E-state index contributed by atoms with van der Waals surface area (Å²) in [5, 5.41) is 8.01. The number of ether oxygens (including phenoxy) is 1. The van der Waals surface area contributed by atoms with Gasteiger partial charge in [0.1, 0.15) is 5.75 Å². The van der Waals surface area contributed by atoms with Gasteiger partial charge in [-0.05, 0) is 44.5 Å². The van der Waals surface area contributed by atoms with Crippen molar-refractivity contribution in [2.45, 2.75) is 33.6 Å². The molecule has 31 heavy (non-hydrogen) atoms. The Bertz CT molecular complexity index is 1290. The number of thiazole rings is 1. The first-order valence-electron chi connectivity index (χ1n) is 10.0. The van der Waals surface area contributed by atoms with Gasteiger partial charge in [0.25, 0.3) is 5.56 Å². The second-order valence-electron chi connectivity index (χ2n) is 7.21. The Labute approximate surface area is 182 Å². The first-order chi connectivity index (χ1) is 14.9. The molecule has 4 rings (SSSR count). The normalized spacial score (nSPS) is 11.1. The number of fused-ring (bicyclic) bond motifs is 1. The summed E-state index contributed by atoms with van der Waals surface area (Å²) < 4.78 is 7.21. The standard InChI is InChI=1S/C22H23N5O3S/c1-4-9-30-16-7-5-15(6-8-16)18-12-31-22(24-18)25-20(28)10-17-13(2)23-19-11-21(29)26-27(19)14(17)3/h5-8,11-12H,4,9-10H2,1-3H3,(H,26,29)(H,24,25,28). The van der Waals surface area contributed by atoms with E-state index in [1.807, 2.05) is 43.5 Å². The van der Waals surface area contributed by atoms with Crippen LogP contribution < -0.4 is 15.6 Å². The number of rotatable bonds is 7. The topological polar surface area (TPSA) is 101 Å². The van der Waals surface area contributed by atoms with Gasteiger partial charge in [0.15, 0.2) is 10.8 Å². The highest BCUT2D eigenvalue weighted by molar-refractivity contribution is 7.14. The zero-order valence-electron chi connectivity index (χ0n) is 17.6. The van der Waals surface area contributed by atoms with Crippen LogP contribution in [0, 0.1) is 13.8 Å². The van der Waals surface area contributed by atoms with Crippen molar-refractivity contribution in [1.82, 2.24) is 19.6 Å². The number of carbonyl (C=O) groups is 1. The lowest BCUT2D eigenvalue weighted by atomic mass is 10.1. The number of aromatic amines is 1. The summed E-state index contributed by atoms with van der Waals surface area (Å²) >= 11 is 1.37. The van der Waals surface area contributed by atoms with Gasteiger partial charge in [0.05, 0.1) is 18.7 Å². The van der Waals surface area contributed by atoms with Gasteiger partial charge in [-0.2, -0.15) is 0 Å². The van der Waals surface area contributed by atoms with Crippen LogP contribution in [0.3, 0.4) is 0 Å². The van der Waals surface area contributed by atoms with Crippen molar-refractivity contribution < 1.29 is 9.53 Å². The summed E-state index contributed by atoms with van der Waals surface area (Å²) in [7, 11) is 0. The van der Waals surface area contributed by atoms with Crippen molar-refractivity contribution in [1.29, 1.82) is 0 Å². The van der Waals surface area contributed by atoms with Crippen molar-refractivity contribution in [3.05, 3.63) is 63.0 Å². The first-order valence-corrected chi connectivity index (χ1v) is 10.9. The summed E-state index contributed by atoms with van der Waals surface area (Å²) in [6.45, 7) is 6.45. The molecule has 1 aromatic carbocycles. The predicted molar refractivity (Wildman–Crippen MR) is 121 cm³/mol. The average Bonchev–Trinajstić information content (AvgIpc) is 3.36. The fourth-order valence-electron chi connectivity index (χ4n) is 3.34.